The van der Waals surface area contributed by atoms with Crippen LogP contribution in [0.1, 0.15) is 22.8 Å². The Kier molecular flexibility index (Phi) is 11.6. The minimum absolute atomic E-state index is 0. The first-order valence-electron chi connectivity index (χ1n) is 11.7. The van der Waals surface area contributed by atoms with Crippen molar-refractivity contribution in [2.75, 3.05) is 44.2 Å². The van der Waals surface area contributed by atoms with Crippen LogP contribution in [0, 0.1) is 6.92 Å². The van der Waals surface area contributed by atoms with Crippen LogP contribution in [0.15, 0.2) is 84.9 Å². The second-order valence-corrected chi connectivity index (χ2v) is 8.29. The predicted molar refractivity (Wildman–Crippen MR) is 139 cm³/mol. The van der Waals surface area contributed by atoms with Gasteiger partial charge in [0.25, 0.3) is 0 Å². The molecule has 8 nitrogen and oxygen atoms in total. The van der Waals surface area contributed by atoms with E-state index in [1.54, 1.807) is 0 Å². The number of aryl methyl sites for hydroxylation is 1. The molecule has 1 fully saturated rings. The molecule has 1 atom stereocenters. The number of benzene rings is 3. The van der Waals surface area contributed by atoms with Crippen molar-refractivity contribution in [3.63, 3.8) is 0 Å². The summed E-state index contributed by atoms with van der Waals surface area (Å²) < 4.78 is 6.45. The van der Waals surface area contributed by atoms with Gasteiger partial charge in [-0.15, -0.1) is 0 Å². The summed E-state index contributed by atoms with van der Waals surface area (Å²) in [6.45, 7) is 8.18. The third-order valence-corrected chi connectivity index (χ3v) is 5.94. The molecule has 0 bridgehead atoms. The number of nitrogens with zero attached hydrogens (tertiary/aromatic N) is 2. The lowest BCUT2D eigenvalue weighted by molar-refractivity contribution is -0.159. The fraction of sp³-hybridized carbons (Fsp3) is 0.286. The average Bonchev–Trinajstić information content (AvgIpc) is 2.89. The minimum atomic E-state index is -1.82. The van der Waals surface area contributed by atoms with Gasteiger partial charge in [0.05, 0.1) is 6.61 Å². The quantitative estimate of drug-likeness (QED) is 0.484. The summed E-state index contributed by atoms with van der Waals surface area (Å²) in [5.74, 6) is -3.65. The summed E-state index contributed by atoms with van der Waals surface area (Å²) in [6, 6.07) is 29.8. The van der Waals surface area contributed by atoms with Crippen molar-refractivity contribution in [2.24, 2.45) is 0 Å². The van der Waals surface area contributed by atoms with Crippen molar-refractivity contribution >= 4 is 17.6 Å². The molecule has 0 spiro atoms. The Labute approximate surface area is 211 Å². The third-order valence-electron chi connectivity index (χ3n) is 5.94. The number of hydrogen-bond acceptors (Lipinski definition) is 5. The summed E-state index contributed by atoms with van der Waals surface area (Å²) in [4.78, 5) is 23.2. The fourth-order valence-electron chi connectivity index (χ4n) is 4.04. The number of carboxylic acids is 2. The van der Waals surface area contributed by atoms with Gasteiger partial charge in [-0.2, -0.15) is 0 Å². The van der Waals surface area contributed by atoms with Crippen LogP contribution in [0.3, 0.4) is 0 Å². The van der Waals surface area contributed by atoms with Crippen LogP contribution in [0.2, 0.25) is 0 Å². The van der Waals surface area contributed by atoms with E-state index in [-0.39, 0.29) is 11.6 Å². The summed E-state index contributed by atoms with van der Waals surface area (Å²) >= 11 is 0. The maximum absolute atomic E-state index is 9.10. The standard InChI is InChI=1S/C26H30N2O.C2H2O4.H2O/c1-22-10-8-9-15-25(22)26(23-11-4-2-5-12-23)29-21-20-27-16-18-28(19-17-27)24-13-6-3-7-14-24;3-1(4)2(5)6;/h2-15,26H,16-21H2,1H3;(H,3,4)(H,5,6);1H2. The van der Waals surface area contributed by atoms with Crippen molar-refractivity contribution in [2.45, 2.75) is 13.0 Å². The maximum Gasteiger partial charge on any atom is 0.414 e. The molecule has 4 N–H and O–H groups in total. The van der Waals surface area contributed by atoms with Crippen molar-refractivity contribution in [1.82, 2.24) is 4.90 Å². The Balaban J connectivity index is 0.000000584. The van der Waals surface area contributed by atoms with E-state index >= 15 is 0 Å². The van der Waals surface area contributed by atoms with Gasteiger partial charge >= 0.3 is 11.9 Å². The third kappa shape index (κ3) is 8.49. The van der Waals surface area contributed by atoms with E-state index in [1.165, 1.54) is 22.4 Å². The van der Waals surface area contributed by atoms with E-state index in [9.17, 15) is 0 Å². The molecule has 0 saturated carbocycles. The van der Waals surface area contributed by atoms with E-state index in [4.69, 9.17) is 24.5 Å². The molecule has 3 aromatic rings. The molecule has 3 aromatic carbocycles. The summed E-state index contributed by atoms with van der Waals surface area (Å²) in [6.07, 6.45) is -0.0111. The fourth-order valence-corrected chi connectivity index (χ4v) is 4.04. The van der Waals surface area contributed by atoms with E-state index < -0.39 is 11.9 Å². The normalized spacial score (nSPS) is 14.1. The molecular weight excluding hydrogens is 460 g/mol. The number of para-hydroxylation sites is 1. The van der Waals surface area contributed by atoms with E-state index in [0.717, 1.165) is 39.3 Å². The largest absolute Gasteiger partial charge is 0.473 e. The van der Waals surface area contributed by atoms with Crippen LogP contribution in [0.5, 0.6) is 0 Å². The average molecular weight is 495 g/mol. The van der Waals surface area contributed by atoms with Gasteiger partial charge in [0.1, 0.15) is 6.10 Å². The molecule has 1 heterocycles. The molecule has 36 heavy (non-hydrogen) atoms. The Bertz CT molecular complexity index is 1060. The number of aliphatic carboxylic acids is 2. The topological polar surface area (TPSA) is 122 Å². The lowest BCUT2D eigenvalue weighted by Crippen LogP contribution is -2.47. The van der Waals surface area contributed by atoms with Crippen molar-refractivity contribution in [3.05, 3.63) is 102 Å². The highest BCUT2D eigenvalue weighted by molar-refractivity contribution is 6.27. The molecule has 4 rings (SSSR count). The van der Waals surface area contributed by atoms with Crippen molar-refractivity contribution < 1.29 is 30.0 Å². The summed E-state index contributed by atoms with van der Waals surface area (Å²) in [5.41, 5.74) is 5.08. The van der Waals surface area contributed by atoms with Crippen LogP contribution in [-0.4, -0.2) is 71.9 Å². The first-order valence-corrected chi connectivity index (χ1v) is 11.7. The Morgan fingerprint density at radius 3 is 1.89 bits per heavy atom. The zero-order valence-electron chi connectivity index (χ0n) is 20.4. The highest BCUT2D eigenvalue weighted by atomic mass is 16.5. The number of anilines is 1. The van der Waals surface area contributed by atoms with Gasteiger partial charge in [-0.3, -0.25) is 4.90 Å². The molecular formula is C28H34N2O6. The van der Waals surface area contributed by atoms with Crippen LogP contribution in [0.4, 0.5) is 5.69 Å². The molecule has 1 aliphatic heterocycles. The lowest BCUT2D eigenvalue weighted by Gasteiger charge is -2.36. The molecule has 1 unspecified atom stereocenters. The molecule has 0 amide bonds. The molecule has 1 aliphatic rings. The van der Waals surface area contributed by atoms with Crippen LogP contribution in [-0.2, 0) is 14.3 Å². The van der Waals surface area contributed by atoms with Crippen molar-refractivity contribution in [1.29, 1.82) is 0 Å². The zero-order valence-corrected chi connectivity index (χ0v) is 20.4. The Morgan fingerprint density at radius 2 is 1.33 bits per heavy atom. The van der Waals surface area contributed by atoms with Gasteiger partial charge < -0.3 is 25.3 Å². The Hall–Kier alpha value is -3.72. The number of ether oxygens (including phenoxy) is 1. The molecule has 1 saturated heterocycles. The van der Waals surface area contributed by atoms with E-state index in [1.807, 2.05) is 0 Å². The first kappa shape index (κ1) is 28.5. The van der Waals surface area contributed by atoms with Gasteiger partial charge in [-0.25, -0.2) is 9.59 Å². The smallest absolute Gasteiger partial charge is 0.414 e. The van der Waals surface area contributed by atoms with Gasteiger partial charge in [0, 0.05) is 38.4 Å². The number of piperazine rings is 1. The van der Waals surface area contributed by atoms with Crippen LogP contribution in [0.25, 0.3) is 0 Å². The predicted octanol–water partition coefficient (Wildman–Crippen LogP) is 3.25. The molecule has 0 aromatic heterocycles. The second kappa shape index (κ2) is 14.6. The monoisotopic (exact) mass is 494 g/mol. The van der Waals surface area contributed by atoms with Gasteiger partial charge in [0.2, 0.25) is 0 Å². The second-order valence-electron chi connectivity index (χ2n) is 8.29. The first-order chi connectivity index (χ1) is 17.0. The maximum atomic E-state index is 9.10. The molecule has 8 heteroatoms. The number of carbonyl (C=O) groups is 2. The molecule has 0 aliphatic carbocycles. The minimum Gasteiger partial charge on any atom is -0.473 e. The summed E-state index contributed by atoms with van der Waals surface area (Å²) in [7, 11) is 0. The number of rotatable bonds is 7. The van der Waals surface area contributed by atoms with Crippen LogP contribution < -0.4 is 4.90 Å². The SMILES string of the molecule is Cc1ccccc1C(OCCN1CCN(c2ccccc2)CC1)c1ccccc1.O.O=C(O)C(=O)O. The van der Waals surface area contributed by atoms with Crippen LogP contribution >= 0.6 is 0 Å². The van der Waals surface area contributed by atoms with Gasteiger partial charge in [-0.1, -0.05) is 72.8 Å². The number of hydrogen-bond donors (Lipinski definition) is 2. The highest BCUT2D eigenvalue weighted by Gasteiger charge is 2.19. The lowest BCUT2D eigenvalue weighted by atomic mass is 9.97. The Morgan fingerprint density at radius 1 is 0.806 bits per heavy atom. The number of carboxylic acid groups (broad SMARTS) is 2. The molecule has 192 valence electrons. The van der Waals surface area contributed by atoms with Gasteiger partial charge in [-0.05, 0) is 35.7 Å². The van der Waals surface area contributed by atoms with E-state index in [2.05, 4.69) is 102 Å². The molecule has 0 radical (unpaired) electrons. The zero-order chi connectivity index (χ0) is 25.0. The van der Waals surface area contributed by atoms with Gasteiger partial charge in [0.15, 0.2) is 0 Å². The van der Waals surface area contributed by atoms with E-state index in [0.29, 0.717) is 0 Å². The van der Waals surface area contributed by atoms with Crippen molar-refractivity contribution in [3.8, 4) is 0 Å². The highest BCUT2D eigenvalue weighted by Crippen LogP contribution is 2.28. The summed E-state index contributed by atoms with van der Waals surface area (Å²) in [5, 5.41) is 14.8.